The fourth-order valence-corrected chi connectivity index (χ4v) is 2.85. The molecule has 0 spiro atoms. The van der Waals surface area contributed by atoms with E-state index < -0.39 is 5.97 Å². The van der Waals surface area contributed by atoms with E-state index in [0.29, 0.717) is 5.56 Å². The molecule has 5 nitrogen and oxygen atoms in total. The standard InChI is InChI=1S/C16H22N2O3/c1-4-17-8-7-14-13(10-17)9-12(5-6-15(19)20)16(21)18(14)11(2)3/h5-6,9,11H,4,7-8,10H2,1-3H3,(H,19,20)/b6-5+. The first-order chi connectivity index (χ1) is 9.93. The highest BCUT2D eigenvalue weighted by Gasteiger charge is 2.21. The maximum Gasteiger partial charge on any atom is 0.328 e. The molecule has 0 fully saturated rings. The van der Waals surface area contributed by atoms with Gasteiger partial charge in [0.2, 0.25) is 0 Å². The number of nitrogens with zero attached hydrogens (tertiary/aromatic N) is 2. The second-order valence-electron chi connectivity index (χ2n) is 5.63. The number of aliphatic carboxylic acids is 1. The Morgan fingerprint density at radius 2 is 2.19 bits per heavy atom. The minimum absolute atomic E-state index is 0.0672. The van der Waals surface area contributed by atoms with Crippen LogP contribution in [0.1, 0.15) is 43.6 Å². The van der Waals surface area contributed by atoms with Gasteiger partial charge in [-0.2, -0.15) is 0 Å². The van der Waals surface area contributed by atoms with Gasteiger partial charge in [-0.15, -0.1) is 0 Å². The van der Waals surface area contributed by atoms with E-state index in [-0.39, 0.29) is 11.6 Å². The summed E-state index contributed by atoms with van der Waals surface area (Å²) in [4.78, 5) is 25.6. The number of fused-ring (bicyclic) bond motifs is 1. The summed E-state index contributed by atoms with van der Waals surface area (Å²) >= 11 is 0. The quantitative estimate of drug-likeness (QED) is 0.860. The zero-order chi connectivity index (χ0) is 15.6. The first-order valence-corrected chi connectivity index (χ1v) is 7.34. The van der Waals surface area contributed by atoms with Crippen LogP contribution in [0.4, 0.5) is 0 Å². The highest BCUT2D eigenvalue weighted by atomic mass is 16.4. The van der Waals surface area contributed by atoms with Crippen LogP contribution < -0.4 is 5.56 Å². The number of hydrogen-bond acceptors (Lipinski definition) is 3. The SMILES string of the molecule is CCN1CCc2c(cc(/C=C/C(=O)O)c(=O)n2C(C)C)C1. The van der Waals surface area contributed by atoms with Crippen LogP contribution >= 0.6 is 0 Å². The predicted octanol–water partition coefficient (Wildman–Crippen LogP) is 1.91. The molecule has 5 heteroatoms. The third-order valence-corrected chi connectivity index (χ3v) is 3.88. The van der Waals surface area contributed by atoms with Crippen molar-refractivity contribution < 1.29 is 9.90 Å². The number of carboxylic acids is 1. The van der Waals surface area contributed by atoms with Crippen molar-refractivity contribution in [2.75, 3.05) is 13.1 Å². The average molecular weight is 290 g/mol. The molecule has 0 unspecified atom stereocenters. The number of carbonyl (C=O) groups is 1. The Hall–Kier alpha value is -1.88. The minimum Gasteiger partial charge on any atom is -0.478 e. The van der Waals surface area contributed by atoms with Crippen LogP contribution in [0, 0.1) is 0 Å². The number of hydrogen-bond donors (Lipinski definition) is 1. The lowest BCUT2D eigenvalue weighted by molar-refractivity contribution is -0.131. The van der Waals surface area contributed by atoms with Gasteiger partial charge in [0.25, 0.3) is 5.56 Å². The van der Waals surface area contributed by atoms with Crippen molar-refractivity contribution >= 4 is 12.0 Å². The zero-order valence-corrected chi connectivity index (χ0v) is 12.8. The fourth-order valence-electron chi connectivity index (χ4n) is 2.85. The Balaban J connectivity index is 2.57. The molecule has 2 heterocycles. The second kappa shape index (κ2) is 6.26. The number of carboxylic acid groups (broad SMARTS) is 1. The molecule has 0 saturated carbocycles. The third-order valence-electron chi connectivity index (χ3n) is 3.88. The largest absolute Gasteiger partial charge is 0.478 e. The molecule has 0 aromatic carbocycles. The Morgan fingerprint density at radius 3 is 2.76 bits per heavy atom. The van der Waals surface area contributed by atoms with Crippen LogP contribution in [0.3, 0.4) is 0 Å². The van der Waals surface area contributed by atoms with Gasteiger partial charge in [0.05, 0.1) is 0 Å². The molecule has 21 heavy (non-hydrogen) atoms. The second-order valence-corrected chi connectivity index (χ2v) is 5.63. The lowest BCUT2D eigenvalue weighted by Gasteiger charge is -2.31. The zero-order valence-electron chi connectivity index (χ0n) is 12.8. The van der Waals surface area contributed by atoms with Crippen molar-refractivity contribution in [2.45, 2.75) is 39.8 Å². The molecular weight excluding hydrogens is 268 g/mol. The van der Waals surface area contributed by atoms with Gasteiger partial charge in [0, 0.05) is 42.9 Å². The molecule has 2 rings (SSSR count). The maximum absolute atomic E-state index is 12.6. The van der Waals surface area contributed by atoms with Crippen LogP contribution in [-0.2, 0) is 17.8 Å². The van der Waals surface area contributed by atoms with E-state index in [1.54, 1.807) is 0 Å². The lowest BCUT2D eigenvalue weighted by atomic mass is 10.0. The van der Waals surface area contributed by atoms with E-state index in [2.05, 4.69) is 11.8 Å². The van der Waals surface area contributed by atoms with Gasteiger partial charge in [0.15, 0.2) is 0 Å². The van der Waals surface area contributed by atoms with Gasteiger partial charge in [0.1, 0.15) is 0 Å². The highest BCUT2D eigenvalue weighted by Crippen LogP contribution is 2.21. The first-order valence-electron chi connectivity index (χ1n) is 7.34. The average Bonchev–Trinajstić information content (AvgIpc) is 2.44. The normalized spacial score (nSPS) is 15.6. The summed E-state index contributed by atoms with van der Waals surface area (Å²) in [5, 5.41) is 8.76. The summed E-state index contributed by atoms with van der Waals surface area (Å²) in [5.74, 6) is -1.04. The summed E-state index contributed by atoms with van der Waals surface area (Å²) < 4.78 is 1.81. The number of pyridine rings is 1. The van der Waals surface area contributed by atoms with Crippen molar-refractivity contribution in [3.8, 4) is 0 Å². The molecule has 0 bridgehead atoms. The molecule has 1 aliphatic rings. The van der Waals surface area contributed by atoms with Gasteiger partial charge in [-0.25, -0.2) is 4.79 Å². The van der Waals surface area contributed by atoms with Crippen molar-refractivity contribution in [3.63, 3.8) is 0 Å². The molecule has 1 aromatic heterocycles. The molecular formula is C16H22N2O3. The summed E-state index contributed by atoms with van der Waals surface area (Å²) in [5.41, 5.74) is 2.56. The predicted molar refractivity (Wildman–Crippen MR) is 82.4 cm³/mol. The van der Waals surface area contributed by atoms with Crippen molar-refractivity contribution in [1.29, 1.82) is 0 Å². The Bertz CT molecular complexity index is 629. The summed E-state index contributed by atoms with van der Waals surface area (Å²) in [6, 6.07) is 1.91. The van der Waals surface area contributed by atoms with Crippen LogP contribution in [-0.4, -0.2) is 33.6 Å². The maximum atomic E-state index is 12.6. The van der Waals surface area contributed by atoms with E-state index in [1.807, 2.05) is 24.5 Å². The van der Waals surface area contributed by atoms with E-state index in [0.717, 1.165) is 43.4 Å². The van der Waals surface area contributed by atoms with E-state index in [9.17, 15) is 9.59 Å². The first kappa shape index (κ1) is 15.5. The van der Waals surface area contributed by atoms with Gasteiger partial charge >= 0.3 is 5.97 Å². The van der Waals surface area contributed by atoms with Gasteiger partial charge < -0.3 is 9.67 Å². The molecule has 1 N–H and O–H groups in total. The highest BCUT2D eigenvalue weighted by molar-refractivity contribution is 5.85. The monoisotopic (exact) mass is 290 g/mol. The van der Waals surface area contributed by atoms with Crippen molar-refractivity contribution in [1.82, 2.24) is 9.47 Å². The molecule has 114 valence electrons. The number of likely N-dealkylation sites (N-methyl/N-ethyl adjacent to an activating group) is 1. The summed E-state index contributed by atoms with van der Waals surface area (Å²) in [7, 11) is 0. The molecule has 0 radical (unpaired) electrons. The summed E-state index contributed by atoms with van der Waals surface area (Å²) in [6.07, 6.45) is 3.28. The van der Waals surface area contributed by atoms with Crippen molar-refractivity contribution in [3.05, 3.63) is 39.3 Å². The Morgan fingerprint density at radius 1 is 1.48 bits per heavy atom. The topological polar surface area (TPSA) is 62.5 Å². The Labute approximate surface area is 124 Å². The molecule has 0 atom stereocenters. The van der Waals surface area contributed by atoms with Crippen LogP contribution in [0.5, 0.6) is 0 Å². The van der Waals surface area contributed by atoms with Crippen molar-refractivity contribution in [2.24, 2.45) is 0 Å². The van der Waals surface area contributed by atoms with Crippen LogP contribution in [0.25, 0.3) is 6.08 Å². The van der Waals surface area contributed by atoms with Gasteiger partial charge in [-0.05, 0) is 38.1 Å². The fraction of sp³-hybridized carbons (Fsp3) is 0.500. The molecule has 1 aromatic rings. The third kappa shape index (κ3) is 3.24. The smallest absolute Gasteiger partial charge is 0.328 e. The van der Waals surface area contributed by atoms with E-state index in [1.165, 1.54) is 6.08 Å². The number of aromatic nitrogens is 1. The van der Waals surface area contributed by atoms with E-state index in [4.69, 9.17) is 5.11 Å². The van der Waals surface area contributed by atoms with Gasteiger partial charge in [-0.3, -0.25) is 9.69 Å². The Kier molecular flexibility index (Phi) is 4.63. The van der Waals surface area contributed by atoms with E-state index >= 15 is 0 Å². The minimum atomic E-state index is -1.04. The molecule has 0 saturated heterocycles. The lowest BCUT2D eigenvalue weighted by Crippen LogP contribution is -2.37. The van der Waals surface area contributed by atoms with Crippen LogP contribution in [0.2, 0.25) is 0 Å². The van der Waals surface area contributed by atoms with Gasteiger partial charge in [-0.1, -0.05) is 6.92 Å². The molecule has 0 aliphatic carbocycles. The number of rotatable bonds is 4. The molecule has 1 aliphatic heterocycles. The summed E-state index contributed by atoms with van der Waals surface area (Å²) in [6.45, 7) is 8.83. The molecule has 0 amide bonds. The van der Waals surface area contributed by atoms with Crippen LogP contribution in [0.15, 0.2) is 16.9 Å².